The van der Waals surface area contributed by atoms with Gasteiger partial charge in [-0.3, -0.25) is 9.59 Å². The molecule has 0 saturated heterocycles. The Kier molecular flexibility index (Phi) is 8.12. The van der Waals surface area contributed by atoms with Gasteiger partial charge in [0.1, 0.15) is 5.02 Å². The van der Waals surface area contributed by atoms with Gasteiger partial charge in [0, 0.05) is 38.6 Å². The van der Waals surface area contributed by atoms with E-state index in [-0.39, 0.29) is 18.4 Å². The van der Waals surface area contributed by atoms with Crippen LogP contribution in [0.3, 0.4) is 0 Å². The van der Waals surface area contributed by atoms with E-state index in [1.165, 1.54) is 17.3 Å². The lowest BCUT2D eigenvalue weighted by Gasteiger charge is -2.12. The Bertz CT molecular complexity index is 961. The lowest BCUT2D eigenvalue weighted by atomic mass is 10.1. The van der Waals surface area contributed by atoms with Crippen molar-refractivity contribution in [1.82, 2.24) is 20.2 Å². The van der Waals surface area contributed by atoms with E-state index in [0.29, 0.717) is 28.6 Å². The Labute approximate surface area is 179 Å². The van der Waals surface area contributed by atoms with E-state index >= 15 is 0 Å². The zero-order valence-corrected chi connectivity index (χ0v) is 17.3. The number of hydrogen-bond donors (Lipinski definition) is 5. The molecule has 30 heavy (non-hydrogen) atoms. The van der Waals surface area contributed by atoms with E-state index in [4.69, 9.17) is 22.7 Å². The summed E-state index contributed by atoms with van der Waals surface area (Å²) in [6, 6.07) is 6.89. The second kappa shape index (κ2) is 10.8. The van der Waals surface area contributed by atoms with Crippen LogP contribution in [0, 0.1) is 5.41 Å². The van der Waals surface area contributed by atoms with Gasteiger partial charge < -0.3 is 32.0 Å². The summed E-state index contributed by atoms with van der Waals surface area (Å²) in [5.74, 6) is -0.0255. The fourth-order valence-corrected chi connectivity index (χ4v) is 2.38. The smallest absolute Gasteiger partial charge is 0.248 e. The zero-order valence-electron chi connectivity index (χ0n) is 16.6. The van der Waals surface area contributed by atoms with Crippen molar-refractivity contribution in [3.05, 3.63) is 58.5 Å². The Balaban J connectivity index is 2.05. The Morgan fingerprint density at radius 1 is 1.33 bits per heavy atom. The number of anilines is 2. The SMILES string of the molecule is CN(C)C(=O)CN/C=C(\C=N)Nc1ncc(Cl)c(NCc2cccc(C(N)=O)c2)n1. The molecule has 10 nitrogen and oxygen atoms in total. The molecule has 6 N–H and O–H groups in total. The van der Waals surface area contributed by atoms with Crippen LogP contribution >= 0.6 is 11.6 Å². The number of aromatic nitrogens is 2. The molecule has 2 aromatic rings. The third-order valence-corrected chi connectivity index (χ3v) is 4.11. The van der Waals surface area contributed by atoms with E-state index in [1.54, 1.807) is 32.3 Å². The van der Waals surface area contributed by atoms with E-state index in [2.05, 4.69) is 25.9 Å². The maximum Gasteiger partial charge on any atom is 0.248 e. The van der Waals surface area contributed by atoms with Crippen molar-refractivity contribution in [2.45, 2.75) is 6.54 Å². The summed E-state index contributed by atoms with van der Waals surface area (Å²) in [5.41, 5.74) is 6.88. The van der Waals surface area contributed by atoms with Crippen molar-refractivity contribution < 1.29 is 9.59 Å². The van der Waals surface area contributed by atoms with Crippen LogP contribution in [0.4, 0.5) is 11.8 Å². The highest BCUT2D eigenvalue weighted by molar-refractivity contribution is 6.32. The molecular formula is C19H23ClN8O2. The Morgan fingerprint density at radius 3 is 2.77 bits per heavy atom. The number of hydrogen-bond acceptors (Lipinski definition) is 8. The molecule has 1 heterocycles. The number of rotatable bonds is 10. The van der Waals surface area contributed by atoms with Crippen molar-refractivity contribution in [1.29, 1.82) is 5.41 Å². The first kappa shape index (κ1) is 22.6. The van der Waals surface area contributed by atoms with Crippen LogP contribution in [0.2, 0.25) is 5.02 Å². The average molecular weight is 431 g/mol. The minimum atomic E-state index is -0.504. The van der Waals surface area contributed by atoms with E-state index < -0.39 is 5.91 Å². The Hall–Kier alpha value is -3.66. The summed E-state index contributed by atoms with van der Waals surface area (Å²) in [6.45, 7) is 0.448. The lowest BCUT2D eigenvalue weighted by Crippen LogP contribution is -2.31. The number of halogens is 1. The summed E-state index contributed by atoms with van der Waals surface area (Å²) < 4.78 is 0. The fraction of sp³-hybridized carbons (Fsp3) is 0.211. The van der Waals surface area contributed by atoms with Gasteiger partial charge in [-0.05, 0) is 17.7 Å². The van der Waals surface area contributed by atoms with Gasteiger partial charge in [0.05, 0.1) is 18.4 Å². The summed E-state index contributed by atoms with van der Waals surface area (Å²) in [5, 5.41) is 16.6. The van der Waals surface area contributed by atoms with Crippen molar-refractivity contribution in [3.63, 3.8) is 0 Å². The predicted molar refractivity (Wildman–Crippen MR) is 117 cm³/mol. The number of carbonyl (C=O) groups excluding carboxylic acids is 2. The first-order chi connectivity index (χ1) is 14.3. The molecule has 1 aromatic heterocycles. The second-order valence-electron chi connectivity index (χ2n) is 6.35. The number of amides is 2. The van der Waals surface area contributed by atoms with Crippen LogP contribution in [0.5, 0.6) is 0 Å². The van der Waals surface area contributed by atoms with Gasteiger partial charge in [0.15, 0.2) is 5.82 Å². The van der Waals surface area contributed by atoms with Gasteiger partial charge in [-0.25, -0.2) is 4.98 Å². The molecule has 11 heteroatoms. The van der Waals surface area contributed by atoms with Crippen LogP contribution in [-0.4, -0.2) is 53.5 Å². The minimum absolute atomic E-state index is 0.0880. The minimum Gasteiger partial charge on any atom is -0.380 e. The van der Waals surface area contributed by atoms with Gasteiger partial charge in [0.2, 0.25) is 17.8 Å². The van der Waals surface area contributed by atoms with Crippen molar-refractivity contribution >= 4 is 41.4 Å². The first-order valence-corrected chi connectivity index (χ1v) is 9.24. The van der Waals surface area contributed by atoms with Gasteiger partial charge in [-0.15, -0.1) is 0 Å². The van der Waals surface area contributed by atoms with Crippen LogP contribution in [0.15, 0.2) is 42.4 Å². The molecule has 0 aliphatic heterocycles. The molecule has 0 aliphatic carbocycles. The molecule has 0 atom stereocenters. The average Bonchev–Trinajstić information content (AvgIpc) is 2.73. The van der Waals surface area contributed by atoms with E-state index in [0.717, 1.165) is 11.8 Å². The topological polar surface area (TPSA) is 149 Å². The predicted octanol–water partition coefficient (Wildman–Crippen LogP) is 1.42. The van der Waals surface area contributed by atoms with Crippen molar-refractivity contribution in [2.24, 2.45) is 5.73 Å². The van der Waals surface area contributed by atoms with Crippen LogP contribution in [-0.2, 0) is 11.3 Å². The first-order valence-electron chi connectivity index (χ1n) is 8.86. The molecule has 0 aliphatic rings. The lowest BCUT2D eigenvalue weighted by molar-refractivity contribution is -0.127. The largest absolute Gasteiger partial charge is 0.380 e. The standard InChI is InChI=1S/C19H23ClN8O2/c1-28(2)16(29)11-23-9-14(7-21)26-19-25-10-15(20)18(27-19)24-8-12-4-3-5-13(6-12)17(22)30/h3-7,9-10,21,23H,8,11H2,1-2H3,(H2,22,30)(H2,24,25,26,27)/b14-9+,21-7?. The summed E-state index contributed by atoms with van der Waals surface area (Å²) in [4.78, 5) is 32.7. The van der Waals surface area contributed by atoms with Crippen molar-refractivity contribution in [3.8, 4) is 0 Å². The number of likely N-dealkylation sites (N-methyl/N-ethyl adjacent to an activating group) is 1. The number of nitrogens with two attached hydrogens (primary N) is 1. The molecule has 0 saturated carbocycles. The number of nitrogens with one attached hydrogen (secondary N) is 4. The van der Waals surface area contributed by atoms with Gasteiger partial charge in [-0.2, -0.15) is 4.98 Å². The summed E-state index contributed by atoms with van der Waals surface area (Å²) >= 11 is 6.16. The maximum atomic E-state index is 11.6. The van der Waals surface area contributed by atoms with Crippen LogP contribution in [0.25, 0.3) is 0 Å². The second-order valence-corrected chi connectivity index (χ2v) is 6.75. The highest BCUT2D eigenvalue weighted by Crippen LogP contribution is 2.20. The number of nitrogens with zero attached hydrogens (tertiary/aromatic N) is 3. The van der Waals surface area contributed by atoms with Gasteiger partial charge >= 0.3 is 0 Å². The molecule has 2 rings (SSSR count). The maximum absolute atomic E-state index is 11.6. The molecule has 0 spiro atoms. The Morgan fingerprint density at radius 2 is 2.10 bits per heavy atom. The molecule has 0 bridgehead atoms. The monoisotopic (exact) mass is 430 g/mol. The third kappa shape index (κ3) is 6.74. The quantitative estimate of drug-likeness (QED) is 0.358. The normalized spacial score (nSPS) is 10.8. The molecule has 2 amide bonds. The molecule has 0 radical (unpaired) electrons. The zero-order chi connectivity index (χ0) is 22.1. The van der Waals surface area contributed by atoms with E-state index in [1.807, 2.05) is 6.07 Å². The van der Waals surface area contributed by atoms with Crippen molar-refractivity contribution in [2.75, 3.05) is 31.3 Å². The summed E-state index contributed by atoms with van der Waals surface area (Å²) in [7, 11) is 3.31. The molecule has 1 aromatic carbocycles. The molecule has 0 fully saturated rings. The fourth-order valence-electron chi connectivity index (χ4n) is 2.22. The number of primary amides is 1. The van der Waals surface area contributed by atoms with Crippen LogP contribution < -0.4 is 21.7 Å². The summed E-state index contributed by atoms with van der Waals surface area (Å²) in [6.07, 6.45) is 3.96. The number of benzene rings is 1. The van der Waals surface area contributed by atoms with Gasteiger partial charge in [-0.1, -0.05) is 23.7 Å². The highest BCUT2D eigenvalue weighted by atomic mass is 35.5. The number of allylic oxidation sites excluding steroid dienone is 1. The molecular weight excluding hydrogens is 408 g/mol. The van der Waals surface area contributed by atoms with E-state index in [9.17, 15) is 9.59 Å². The highest BCUT2D eigenvalue weighted by Gasteiger charge is 2.08. The van der Waals surface area contributed by atoms with Gasteiger partial charge in [0.25, 0.3) is 0 Å². The molecule has 158 valence electrons. The molecule has 0 unspecified atom stereocenters. The third-order valence-electron chi connectivity index (χ3n) is 3.84. The number of carbonyl (C=O) groups is 2. The van der Waals surface area contributed by atoms with Crippen LogP contribution in [0.1, 0.15) is 15.9 Å².